The molecule has 1 atom stereocenters. The Labute approximate surface area is 187 Å². The van der Waals surface area contributed by atoms with Gasteiger partial charge in [-0.25, -0.2) is 4.39 Å². The summed E-state index contributed by atoms with van der Waals surface area (Å²) in [4.78, 5) is 23.0. The lowest BCUT2D eigenvalue weighted by atomic mass is 10.0. The molecular weight excluding hydrogens is 407 g/mol. The highest BCUT2D eigenvalue weighted by Gasteiger charge is 2.29. The molecule has 3 heterocycles. The molecule has 1 aromatic heterocycles. The normalized spacial score (nSPS) is 19.3. The fourth-order valence-electron chi connectivity index (χ4n) is 5.04. The van der Waals surface area contributed by atoms with Crippen molar-refractivity contribution in [2.75, 3.05) is 44.7 Å². The van der Waals surface area contributed by atoms with Crippen LogP contribution < -0.4 is 9.64 Å². The van der Waals surface area contributed by atoms with Crippen molar-refractivity contribution in [1.29, 1.82) is 0 Å². The van der Waals surface area contributed by atoms with Gasteiger partial charge in [-0.2, -0.15) is 0 Å². The van der Waals surface area contributed by atoms with Gasteiger partial charge in [-0.3, -0.25) is 9.69 Å². The first-order chi connectivity index (χ1) is 15.5. The van der Waals surface area contributed by atoms with Crippen molar-refractivity contribution in [3.8, 4) is 5.75 Å². The van der Waals surface area contributed by atoms with E-state index in [4.69, 9.17) is 4.74 Å². The molecule has 0 bridgehead atoms. The second-order valence-electron chi connectivity index (χ2n) is 8.82. The van der Waals surface area contributed by atoms with Crippen molar-refractivity contribution in [3.63, 3.8) is 0 Å². The summed E-state index contributed by atoms with van der Waals surface area (Å²) in [6.45, 7) is 6.39. The van der Waals surface area contributed by atoms with E-state index in [1.807, 2.05) is 17.0 Å². The summed E-state index contributed by atoms with van der Waals surface area (Å²) in [5, 5.41) is 0.887. The largest absolute Gasteiger partial charge is 0.497 e. The molecule has 0 radical (unpaired) electrons. The second kappa shape index (κ2) is 8.47. The molecule has 1 amide bonds. The Morgan fingerprint density at radius 3 is 2.88 bits per heavy atom. The first kappa shape index (κ1) is 20.8. The fraction of sp³-hybridized carbons (Fsp3) is 0.400. The molecule has 2 aliphatic rings. The van der Waals surface area contributed by atoms with Gasteiger partial charge in [-0.15, -0.1) is 0 Å². The third kappa shape index (κ3) is 3.93. The number of fused-ring (bicyclic) bond motifs is 3. The van der Waals surface area contributed by atoms with E-state index >= 15 is 0 Å². The average Bonchev–Trinajstić information content (AvgIpc) is 3.16. The predicted molar refractivity (Wildman–Crippen MR) is 124 cm³/mol. The van der Waals surface area contributed by atoms with Crippen LogP contribution in [0.3, 0.4) is 0 Å². The maximum atomic E-state index is 13.8. The number of halogens is 1. The van der Waals surface area contributed by atoms with Gasteiger partial charge >= 0.3 is 0 Å². The lowest BCUT2D eigenvalue weighted by Crippen LogP contribution is -2.54. The molecular formula is C25H29FN4O2. The highest BCUT2D eigenvalue weighted by Crippen LogP contribution is 2.29. The molecule has 0 saturated carbocycles. The fourth-order valence-corrected chi connectivity index (χ4v) is 5.04. The summed E-state index contributed by atoms with van der Waals surface area (Å²) in [6, 6.07) is 13.2. The lowest BCUT2D eigenvalue weighted by Gasteiger charge is -2.41. The number of amides is 1. The van der Waals surface area contributed by atoms with Crippen LogP contribution in [0.25, 0.3) is 10.9 Å². The van der Waals surface area contributed by atoms with Crippen LogP contribution in [0.4, 0.5) is 10.1 Å². The highest BCUT2D eigenvalue weighted by molar-refractivity contribution is 5.86. The number of carbonyl (C=O) groups excluding carboxylic acids is 1. The third-order valence-electron chi connectivity index (χ3n) is 6.75. The number of carbonyl (C=O) groups is 1. The quantitative estimate of drug-likeness (QED) is 0.681. The summed E-state index contributed by atoms with van der Waals surface area (Å²) in [5.41, 5.74) is 4.26. The molecule has 2 aliphatic heterocycles. The maximum Gasteiger partial charge on any atom is 0.237 e. The van der Waals surface area contributed by atoms with Gasteiger partial charge in [0, 0.05) is 79.1 Å². The number of methoxy groups -OCH3 is 1. The number of piperazine rings is 1. The molecule has 3 aromatic rings. The van der Waals surface area contributed by atoms with E-state index in [2.05, 4.69) is 33.8 Å². The molecule has 2 aromatic carbocycles. The first-order valence-electron chi connectivity index (χ1n) is 11.2. The van der Waals surface area contributed by atoms with Crippen LogP contribution in [0, 0.1) is 5.82 Å². The minimum absolute atomic E-state index is 0.142. The van der Waals surface area contributed by atoms with E-state index < -0.39 is 0 Å². The Balaban J connectivity index is 1.23. The van der Waals surface area contributed by atoms with Crippen molar-refractivity contribution in [2.45, 2.75) is 25.9 Å². The second-order valence-corrected chi connectivity index (χ2v) is 8.82. The monoisotopic (exact) mass is 436 g/mol. The average molecular weight is 437 g/mol. The van der Waals surface area contributed by atoms with Crippen molar-refractivity contribution in [3.05, 3.63) is 59.5 Å². The van der Waals surface area contributed by atoms with Crippen LogP contribution >= 0.6 is 0 Å². The molecule has 5 rings (SSSR count). The SMILES string of the molecule is COc1cccc(N2CCN(CC(=O)N3CCc4[nH]c5ccc(F)cc5c4C3)CC2C)c1. The molecule has 168 valence electrons. The van der Waals surface area contributed by atoms with E-state index in [9.17, 15) is 9.18 Å². The number of anilines is 1. The van der Waals surface area contributed by atoms with Crippen LogP contribution in [-0.2, 0) is 17.8 Å². The van der Waals surface area contributed by atoms with E-state index in [0.717, 1.165) is 59.7 Å². The van der Waals surface area contributed by atoms with Crippen molar-refractivity contribution < 1.29 is 13.9 Å². The summed E-state index contributed by atoms with van der Waals surface area (Å²) >= 11 is 0. The molecule has 1 fully saturated rings. The van der Waals surface area contributed by atoms with Crippen LogP contribution in [0.15, 0.2) is 42.5 Å². The number of rotatable bonds is 4. The standard InChI is InChI=1S/C25H29FN4O2/c1-17-14-28(10-11-30(17)19-4-3-5-20(13-19)32-2)16-25(31)29-9-8-24-22(15-29)21-12-18(26)6-7-23(21)27-24/h3-7,12-13,17,27H,8-11,14-16H2,1-2H3. The highest BCUT2D eigenvalue weighted by atomic mass is 19.1. The zero-order valence-electron chi connectivity index (χ0n) is 18.6. The molecule has 32 heavy (non-hydrogen) atoms. The van der Waals surface area contributed by atoms with Crippen LogP contribution in [-0.4, -0.2) is 66.6 Å². The molecule has 7 heteroatoms. The number of H-pyrrole nitrogens is 1. The van der Waals surface area contributed by atoms with Crippen molar-refractivity contribution >= 4 is 22.5 Å². The van der Waals surface area contributed by atoms with Gasteiger partial charge in [-0.1, -0.05) is 6.07 Å². The van der Waals surface area contributed by atoms with E-state index in [1.165, 1.54) is 6.07 Å². The molecule has 0 spiro atoms. The van der Waals surface area contributed by atoms with E-state index in [1.54, 1.807) is 19.2 Å². The number of aromatic nitrogens is 1. The van der Waals surface area contributed by atoms with Crippen LogP contribution in [0.2, 0.25) is 0 Å². The lowest BCUT2D eigenvalue weighted by molar-refractivity contribution is -0.133. The number of benzene rings is 2. The maximum absolute atomic E-state index is 13.8. The van der Waals surface area contributed by atoms with Gasteiger partial charge in [0.25, 0.3) is 0 Å². The third-order valence-corrected chi connectivity index (χ3v) is 6.75. The smallest absolute Gasteiger partial charge is 0.237 e. The number of hydrogen-bond acceptors (Lipinski definition) is 4. The predicted octanol–water partition coefficient (Wildman–Crippen LogP) is 3.41. The Morgan fingerprint density at radius 2 is 2.06 bits per heavy atom. The van der Waals surface area contributed by atoms with Gasteiger partial charge in [0.1, 0.15) is 11.6 Å². The number of aromatic amines is 1. The molecule has 6 nitrogen and oxygen atoms in total. The summed E-state index contributed by atoms with van der Waals surface area (Å²) in [5.74, 6) is 0.753. The Kier molecular flexibility index (Phi) is 5.51. The number of ether oxygens (including phenoxy) is 1. The number of hydrogen-bond donors (Lipinski definition) is 1. The van der Waals surface area contributed by atoms with E-state index in [0.29, 0.717) is 25.7 Å². The summed E-state index contributed by atoms with van der Waals surface area (Å²) in [7, 11) is 1.68. The van der Waals surface area contributed by atoms with Gasteiger partial charge in [0.15, 0.2) is 0 Å². The summed E-state index contributed by atoms with van der Waals surface area (Å²) < 4.78 is 19.1. The minimum Gasteiger partial charge on any atom is -0.497 e. The van der Waals surface area contributed by atoms with Gasteiger partial charge < -0.3 is 19.5 Å². The van der Waals surface area contributed by atoms with Crippen molar-refractivity contribution in [1.82, 2.24) is 14.8 Å². The number of nitrogens with one attached hydrogen (secondary N) is 1. The summed E-state index contributed by atoms with van der Waals surface area (Å²) in [6.07, 6.45) is 0.775. The zero-order chi connectivity index (χ0) is 22.2. The van der Waals surface area contributed by atoms with Crippen LogP contribution in [0.1, 0.15) is 18.2 Å². The van der Waals surface area contributed by atoms with Gasteiger partial charge in [-0.05, 0) is 37.3 Å². The Bertz CT molecular complexity index is 1140. The van der Waals surface area contributed by atoms with Crippen LogP contribution in [0.5, 0.6) is 5.75 Å². The number of nitrogens with zero attached hydrogens (tertiary/aromatic N) is 3. The van der Waals surface area contributed by atoms with Crippen molar-refractivity contribution in [2.24, 2.45) is 0 Å². The topological polar surface area (TPSA) is 51.8 Å². The first-order valence-corrected chi connectivity index (χ1v) is 11.2. The molecule has 0 aliphatic carbocycles. The molecule has 1 unspecified atom stereocenters. The molecule has 1 saturated heterocycles. The zero-order valence-corrected chi connectivity index (χ0v) is 18.6. The van der Waals surface area contributed by atoms with E-state index in [-0.39, 0.29) is 11.7 Å². The Morgan fingerprint density at radius 1 is 1.19 bits per heavy atom. The van der Waals surface area contributed by atoms with Gasteiger partial charge in [0.05, 0.1) is 13.7 Å². The minimum atomic E-state index is -0.245. The van der Waals surface area contributed by atoms with Gasteiger partial charge in [0.2, 0.25) is 5.91 Å². The molecule has 1 N–H and O–H groups in total. The Hall–Kier alpha value is -3.06.